The van der Waals surface area contributed by atoms with Crippen molar-refractivity contribution in [2.75, 3.05) is 27.3 Å². The summed E-state index contributed by atoms with van der Waals surface area (Å²) in [5.41, 5.74) is 4.79. The lowest BCUT2D eigenvalue weighted by Gasteiger charge is -2.36. The lowest BCUT2D eigenvalue weighted by molar-refractivity contribution is -0.138. The number of hydrogen-bond acceptors (Lipinski definition) is 5. The van der Waals surface area contributed by atoms with E-state index in [1.54, 1.807) is 20.3 Å². The number of carbonyl (C=O) groups excluding carboxylic acids is 1. The Labute approximate surface area is 244 Å². The summed E-state index contributed by atoms with van der Waals surface area (Å²) < 4.78 is 50.7. The Balaban J connectivity index is 1.20. The van der Waals surface area contributed by atoms with Crippen LogP contribution in [0.3, 0.4) is 0 Å². The van der Waals surface area contributed by atoms with Gasteiger partial charge in [-0.2, -0.15) is 13.2 Å². The molecule has 2 aliphatic heterocycles. The third-order valence-corrected chi connectivity index (χ3v) is 9.00. The van der Waals surface area contributed by atoms with Gasteiger partial charge in [-0.3, -0.25) is 9.69 Å². The highest BCUT2D eigenvalue weighted by atomic mass is 19.4. The summed E-state index contributed by atoms with van der Waals surface area (Å²) >= 11 is 0. The summed E-state index contributed by atoms with van der Waals surface area (Å²) in [5, 5.41) is 3.47. The molecule has 0 aromatic heterocycles. The fourth-order valence-electron chi connectivity index (χ4n) is 6.83. The van der Waals surface area contributed by atoms with Gasteiger partial charge in [-0.05, 0) is 71.7 Å². The van der Waals surface area contributed by atoms with E-state index in [1.807, 2.05) is 17.0 Å². The molecule has 9 heteroatoms. The van der Waals surface area contributed by atoms with E-state index in [0.717, 1.165) is 36.5 Å². The summed E-state index contributed by atoms with van der Waals surface area (Å²) in [6.45, 7) is 2.11. The van der Waals surface area contributed by atoms with Gasteiger partial charge in [0.25, 0.3) is 0 Å². The van der Waals surface area contributed by atoms with Gasteiger partial charge in [-0.25, -0.2) is 0 Å². The maximum atomic E-state index is 14.2. The first-order chi connectivity index (χ1) is 20.2. The van der Waals surface area contributed by atoms with E-state index in [1.165, 1.54) is 23.3 Å². The van der Waals surface area contributed by atoms with E-state index in [-0.39, 0.29) is 24.0 Å². The number of rotatable bonds is 7. The summed E-state index contributed by atoms with van der Waals surface area (Å²) in [6, 6.07) is 17.7. The zero-order chi connectivity index (χ0) is 29.4. The van der Waals surface area contributed by atoms with Gasteiger partial charge >= 0.3 is 6.18 Å². The van der Waals surface area contributed by atoms with Gasteiger partial charge in [0.15, 0.2) is 11.5 Å². The molecule has 0 spiro atoms. The number of nitrogens with one attached hydrogen (secondary N) is 1. The van der Waals surface area contributed by atoms with Crippen molar-refractivity contribution in [3.63, 3.8) is 0 Å². The summed E-state index contributed by atoms with van der Waals surface area (Å²) in [4.78, 5) is 18.5. The third-order valence-electron chi connectivity index (χ3n) is 9.00. The van der Waals surface area contributed by atoms with Crippen LogP contribution in [-0.4, -0.2) is 61.1 Å². The molecule has 6 nitrogen and oxygen atoms in total. The first-order valence-electron chi connectivity index (χ1n) is 14.5. The van der Waals surface area contributed by atoms with Crippen LogP contribution in [0.5, 0.6) is 11.5 Å². The number of benzene rings is 3. The van der Waals surface area contributed by atoms with Gasteiger partial charge in [-0.15, -0.1) is 0 Å². The molecule has 0 unspecified atom stereocenters. The predicted molar refractivity (Wildman–Crippen MR) is 153 cm³/mol. The fourth-order valence-corrected chi connectivity index (χ4v) is 6.83. The van der Waals surface area contributed by atoms with E-state index in [0.29, 0.717) is 49.7 Å². The second-order valence-corrected chi connectivity index (χ2v) is 11.5. The van der Waals surface area contributed by atoms with Crippen molar-refractivity contribution >= 4 is 5.91 Å². The second-order valence-electron chi connectivity index (χ2n) is 11.5. The minimum absolute atomic E-state index is 0.0152. The lowest BCUT2D eigenvalue weighted by Crippen LogP contribution is -2.50. The molecule has 42 heavy (non-hydrogen) atoms. The molecule has 1 N–H and O–H groups in total. The van der Waals surface area contributed by atoms with Crippen molar-refractivity contribution in [1.82, 2.24) is 15.1 Å². The summed E-state index contributed by atoms with van der Waals surface area (Å²) in [5.74, 6) is 1.44. The average molecular weight is 580 g/mol. The molecule has 0 bridgehead atoms. The molecule has 2 heterocycles. The lowest BCUT2D eigenvalue weighted by atomic mass is 9.97. The van der Waals surface area contributed by atoms with Crippen LogP contribution < -0.4 is 14.8 Å². The molecular formula is C33H36F3N3O3. The quantitative estimate of drug-likeness (QED) is 0.427. The van der Waals surface area contributed by atoms with Crippen LogP contribution in [0.25, 0.3) is 0 Å². The van der Waals surface area contributed by atoms with Gasteiger partial charge in [0, 0.05) is 38.3 Å². The number of ether oxygens (including phenoxy) is 2. The Bertz CT molecular complexity index is 1430. The molecule has 3 aromatic carbocycles. The van der Waals surface area contributed by atoms with E-state index in [9.17, 15) is 18.0 Å². The Morgan fingerprint density at radius 3 is 2.29 bits per heavy atom. The molecule has 0 saturated carbocycles. The van der Waals surface area contributed by atoms with Gasteiger partial charge in [0.1, 0.15) is 0 Å². The Kier molecular flexibility index (Phi) is 7.89. The Morgan fingerprint density at radius 2 is 1.62 bits per heavy atom. The number of carbonyl (C=O) groups is 1. The molecule has 3 aromatic rings. The first kappa shape index (κ1) is 28.6. The number of likely N-dealkylation sites (tertiary alicyclic amines) is 1. The Hall–Kier alpha value is -3.56. The van der Waals surface area contributed by atoms with Crippen molar-refractivity contribution < 1.29 is 27.4 Å². The molecule has 3 aliphatic rings. The van der Waals surface area contributed by atoms with Crippen LogP contribution in [0.2, 0.25) is 0 Å². The van der Waals surface area contributed by atoms with Crippen LogP contribution in [0.15, 0.2) is 60.7 Å². The smallest absolute Gasteiger partial charge is 0.416 e. The van der Waals surface area contributed by atoms with E-state index in [2.05, 4.69) is 34.5 Å². The zero-order valence-corrected chi connectivity index (χ0v) is 23.9. The standard InChI is InChI=1S/C33H36F3N3O3/c1-41-30-15-24-10-11-38(19-25(24)16-31(30)42-2)32(40)29-17-27(37-18-21-6-5-9-26(12-21)33(34,35)36)20-39(29)28-13-22-7-3-4-8-23(22)14-28/h3-9,12,15-16,27-29,37H,10-11,13-14,17-20H2,1-2H3/t27-,29-/m0/s1. The van der Waals surface area contributed by atoms with E-state index < -0.39 is 11.7 Å². The predicted octanol–water partition coefficient (Wildman–Crippen LogP) is 5.01. The number of hydrogen-bond donors (Lipinski definition) is 1. The highest BCUT2D eigenvalue weighted by Gasteiger charge is 2.43. The van der Waals surface area contributed by atoms with Gasteiger partial charge in [0.05, 0.1) is 25.8 Å². The minimum atomic E-state index is -4.38. The van der Waals surface area contributed by atoms with Gasteiger partial charge < -0.3 is 19.7 Å². The van der Waals surface area contributed by atoms with Crippen molar-refractivity contribution in [3.8, 4) is 11.5 Å². The molecule has 0 radical (unpaired) electrons. The average Bonchev–Trinajstić information content (AvgIpc) is 3.63. The number of methoxy groups -OCH3 is 2. The fraction of sp³-hybridized carbons (Fsp3) is 0.424. The van der Waals surface area contributed by atoms with Crippen LogP contribution >= 0.6 is 0 Å². The van der Waals surface area contributed by atoms with Crippen molar-refractivity contribution in [2.45, 2.75) is 63.1 Å². The second kappa shape index (κ2) is 11.6. The van der Waals surface area contributed by atoms with Crippen molar-refractivity contribution in [3.05, 3.63) is 94.0 Å². The molecule has 222 valence electrons. The number of nitrogens with zero attached hydrogens (tertiary/aromatic N) is 2. The maximum Gasteiger partial charge on any atom is 0.416 e. The number of fused-ring (bicyclic) bond motifs is 2. The summed E-state index contributed by atoms with van der Waals surface area (Å²) in [6.07, 6.45) is -1.25. The minimum Gasteiger partial charge on any atom is -0.493 e. The highest BCUT2D eigenvalue weighted by Crippen LogP contribution is 2.36. The van der Waals surface area contributed by atoms with Crippen LogP contribution in [-0.2, 0) is 43.3 Å². The summed E-state index contributed by atoms with van der Waals surface area (Å²) in [7, 11) is 3.23. The normalized spacial score (nSPS) is 20.8. The number of halogens is 3. The van der Waals surface area contributed by atoms with Crippen LogP contribution in [0, 0.1) is 0 Å². The molecule has 2 atom stereocenters. The SMILES string of the molecule is COc1cc2c(cc1OC)CN(C(=O)[C@@H]1C[C@H](NCc3cccc(C(F)(F)F)c3)CN1C1Cc3ccccc3C1)CC2. The molecule has 1 amide bonds. The third kappa shape index (κ3) is 5.72. The van der Waals surface area contributed by atoms with Crippen LogP contribution in [0.1, 0.15) is 39.8 Å². The molecule has 1 saturated heterocycles. The van der Waals surface area contributed by atoms with Crippen LogP contribution in [0.4, 0.5) is 13.2 Å². The molecular weight excluding hydrogens is 543 g/mol. The zero-order valence-electron chi connectivity index (χ0n) is 23.9. The topological polar surface area (TPSA) is 54.0 Å². The van der Waals surface area contributed by atoms with E-state index in [4.69, 9.17) is 9.47 Å². The molecule has 6 rings (SSSR count). The van der Waals surface area contributed by atoms with Crippen molar-refractivity contribution in [1.29, 1.82) is 0 Å². The number of alkyl halides is 3. The monoisotopic (exact) mass is 579 g/mol. The Morgan fingerprint density at radius 1 is 0.929 bits per heavy atom. The van der Waals surface area contributed by atoms with E-state index >= 15 is 0 Å². The maximum absolute atomic E-state index is 14.2. The van der Waals surface area contributed by atoms with Crippen molar-refractivity contribution in [2.24, 2.45) is 0 Å². The highest BCUT2D eigenvalue weighted by molar-refractivity contribution is 5.83. The largest absolute Gasteiger partial charge is 0.493 e. The number of amides is 1. The first-order valence-corrected chi connectivity index (χ1v) is 14.5. The molecule has 1 fully saturated rings. The van der Waals surface area contributed by atoms with Gasteiger partial charge in [-0.1, -0.05) is 42.5 Å². The molecule has 1 aliphatic carbocycles. The van der Waals surface area contributed by atoms with Gasteiger partial charge in [0.2, 0.25) is 5.91 Å².